The maximum atomic E-state index is 2.45. The van der Waals surface area contributed by atoms with Crippen LogP contribution in [0.4, 0.5) is 17.1 Å². The molecule has 0 saturated heterocycles. The van der Waals surface area contributed by atoms with Gasteiger partial charge in [0.1, 0.15) is 0 Å². The van der Waals surface area contributed by atoms with Crippen molar-refractivity contribution in [2.75, 3.05) is 4.90 Å². The van der Waals surface area contributed by atoms with Crippen molar-refractivity contribution in [3.63, 3.8) is 0 Å². The molecule has 0 bridgehead atoms. The third-order valence-corrected chi connectivity index (χ3v) is 13.2. The van der Waals surface area contributed by atoms with E-state index >= 15 is 0 Å². The van der Waals surface area contributed by atoms with Crippen LogP contribution >= 0.6 is 11.3 Å². The summed E-state index contributed by atoms with van der Waals surface area (Å²) in [6.45, 7) is 4.74. The van der Waals surface area contributed by atoms with Crippen LogP contribution in [0.1, 0.15) is 25.0 Å². The molecule has 0 fully saturated rings. The van der Waals surface area contributed by atoms with Crippen LogP contribution in [0.3, 0.4) is 0 Å². The second kappa shape index (κ2) is 13.2. The molecule has 57 heavy (non-hydrogen) atoms. The van der Waals surface area contributed by atoms with E-state index in [-0.39, 0.29) is 5.41 Å². The zero-order chi connectivity index (χ0) is 38.1. The van der Waals surface area contributed by atoms with Gasteiger partial charge in [-0.05, 0) is 103 Å². The fraction of sp³-hybridized carbons (Fsp3) is 0.0545. The quantitative estimate of drug-likeness (QED) is 0.164. The molecule has 0 amide bonds. The van der Waals surface area contributed by atoms with Gasteiger partial charge in [0.2, 0.25) is 0 Å². The van der Waals surface area contributed by atoms with Crippen molar-refractivity contribution in [2.24, 2.45) is 0 Å². The molecular weight excluding hydrogens is 707 g/mol. The van der Waals surface area contributed by atoms with Gasteiger partial charge in [0.05, 0.1) is 5.69 Å². The predicted octanol–water partition coefficient (Wildman–Crippen LogP) is 16.0. The minimum absolute atomic E-state index is 0.0962. The van der Waals surface area contributed by atoms with Gasteiger partial charge in [-0.2, -0.15) is 0 Å². The van der Waals surface area contributed by atoms with E-state index < -0.39 is 0 Å². The summed E-state index contributed by atoms with van der Waals surface area (Å²) in [5.41, 5.74) is 16.1. The second-order valence-corrected chi connectivity index (χ2v) is 16.7. The van der Waals surface area contributed by atoms with E-state index in [1.54, 1.807) is 0 Å². The summed E-state index contributed by atoms with van der Waals surface area (Å²) in [4.78, 5) is 2.45. The summed E-state index contributed by atoms with van der Waals surface area (Å²) in [6, 6.07) is 73.8. The number of anilines is 3. The first-order valence-corrected chi connectivity index (χ1v) is 20.6. The Balaban J connectivity index is 1.10. The van der Waals surface area contributed by atoms with Crippen molar-refractivity contribution in [1.29, 1.82) is 0 Å². The zero-order valence-electron chi connectivity index (χ0n) is 31.9. The molecule has 0 unspecified atom stereocenters. The lowest BCUT2D eigenvalue weighted by Crippen LogP contribution is -2.16. The van der Waals surface area contributed by atoms with E-state index in [1.165, 1.54) is 86.6 Å². The fourth-order valence-corrected chi connectivity index (χ4v) is 10.6. The van der Waals surface area contributed by atoms with Crippen molar-refractivity contribution < 1.29 is 0 Å². The number of para-hydroxylation sites is 1. The van der Waals surface area contributed by atoms with Crippen molar-refractivity contribution >= 4 is 59.3 Å². The molecule has 9 aromatic carbocycles. The third kappa shape index (κ3) is 5.36. The van der Waals surface area contributed by atoms with Crippen LogP contribution in [0.5, 0.6) is 0 Å². The highest BCUT2D eigenvalue weighted by Gasteiger charge is 2.37. The molecule has 270 valence electrons. The van der Waals surface area contributed by atoms with Crippen molar-refractivity contribution in [3.05, 3.63) is 211 Å². The molecule has 11 rings (SSSR count). The maximum absolute atomic E-state index is 2.45. The van der Waals surface area contributed by atoms with Gasteiger partial charge in [-0.15, -0.1) is 11.3 Å². The van der Waals surface area contributed by atoms with Crippen molar-refractivity contribution in [2.45, 2.75) is 19.3 Å². The Hall–Kier alpha value is -6.74. The van der Waals surface area contributed by atoms with Crippen LogP contribution in [-0.2, 0) is 5.41 Å². The van der Waals surface area contributed by atoms with E-state index in [0.29, 0.717) is 0 Å². The number of hydrogen-bond acceptors (Lipinski definition) is 2. The average molecular weight is 746 g/mol. The van der Waals surface area contributed by atoms with Gasteiger partial charge in [0, 0.05) is 42.5 Å². The molecule has 0 N–H and O–H groups in total. The minimum Gasteiger partial charge on any atom is -0.310 e. The summed E-state index contributed by atoms with van der Waals surface area (Å²) in [6.07, 6.45) is 0. The largest absolute Gasteiger partial charge is 0.310 e. The lowest BCUT2D eigenvalue weighted by Gasteiger charge is -2.29. The zero-order valence-corrected chi connectivity index (χ0v) is 32.7. The highest BCUT2D eigenvalue weighted by Crippen LogP contribution is 2.53. The number of benzene rings is 9. The van der Waals surface area contributed by atoms with Crippen LogP contribution in [0.2, 0.25) is 0 Å². The van der Waals surface area contributed by atoms with Crippen molar-refractivity contribution in [1.82, 2.24) is 0 Å². The first-order valence-electron chi connectivity index (χ1n) is 19.8. The Kier molecular flexibility index (Phi) is 7.77. The van der Waals surface area contributed by atoms with Crippen molar-refractivity contribution in [3.8, 4) is 44.5 Å². The molecule has 1 aliphatic rings. The molecule has 1 heterocycles. The van der Waals surface area contributed by atoms with Crippen LogP contribution < -0.4 is 4.90 Å². The van der Waals surface area contributed by atoms with Crippen LogP contribution in [-0.4, -0.2) is 0 Å². The SMILES string of the molecule is CC1(C)c2ccccc2-c2cccc(-c3ccc(N(c4cccc(-c5cccc6ccccc56)c4)c4ccccc4-c4cccc5sc6ccccc6c45)cc3)c21. The highest BCUT2D eigenvalue weighted by atomic mass is 32.1. The van der Waals surface area contributed by atoms with Gasteiger partial charge in [-0.25, -0.2) is 0 Å². The highest BCUT2D eigenvalue weighted by molar-refractivity contribution is 7.25. The number of thiophene rings is 1. The molecule has 0 atom stereocenters. The number of rotatable bonds is 6. The Morgan fingerprint density at radius 2 is 1.02 bits per heavy atom. The number of nitrogens with zero attached hydrogens (tertiary/aromatic N) is 1. The summed E-state index contributed by atoms with van der Waals surface area (Å²) in [5.74, 6) is 0. The Bertz CT molecular complexity index is 3160. The summed E-state index contributed by atoms with van der Waals surface area (Å²) >= 11 is 1.87. The molecule has 10 aromatic rings. The normalized spacial score (nSPS) is 12.9. The van der Waals surface area contributed by atoms with E-state index in [2.05, 4.69) is 219 Å². The molecule has 0 spiro atoms. The maximum Gasteiger partial charge on any atom is 0.0540 e. The molecule has 1 aliphatic carbocycles. The molecule has 0 aliphatic heterocycles. The summed E-state index contributed by atoms with van der Waals surface area (Å²) in [7, 11) is 0. The Morgan fingerprint density at radius 3 is 1.91 bits per heavy atom. The topological polar surface area (TPSA) is 3.24 Å². The molecule has 0 radical (unpaired) electrons. The van der Waals surface area contributed by atoms with Gasteiger partial charge in [-0.1, -0.05) is 172 Å². The standard InChI is InChI=1S/C55H39NS/c1-55(2)49-27-8-5-20-44(49)47-26-13-24-43(54(47)55)37-31-33-39(34-32-37)56(40-18-11-17-38(35-40)42-23-12-16-36-15-3-4-19-41(36)42)50-28-9-6-21-45(50)46-25-14-30-52-53(46)48-22-7-10-29-51(48)57-52/h3-35H,1-2H3. The average Bonchev–Trinajstić information content (AvgIpc) is 3.76. The smallest absolute Gasteiger partial charge is 0.0540 e. The third-order valence-electron chi connectivity index (χ3n) is 12.1. The van der Waals surface area contributed by atoms with Gasteiger partial charge in [0.25, 0.3) is 0 Å². The Labute approximate surface area is 337 Å². The Morgan fingerprint density at radius 1 is 0.404 bits per heavy atom. The minimum atomic E-state index is -0.0962. The second-order valence-electron chi connectivity index (χ2n) is 15.7. The number of fused-ring (bicyclic) bond motifs is 7. The molecule has 2 heteroatoms. The van der Waals surface area contributed by atoms with Gasteiger partial charge in [-0.3, -0.25) is 0 Å². The van der Waals surface area contributed by atoms with Crippen LogP contribution in [0.15, 0.2) is 200 Å². The molecule has 1 nitrogen and oxygen atoms in total. The summed E-state index contributed by atoms with van der Waals surface area (Å²) in [5, 5.41) is 5.11. The number of hydrogen-bond donors (Lipinski definition) is 0. The van der Waals surface area contributed by atoms with E-state index in [9.17, 15) is 0 Å². The molecule has 0 saturated carbocycles. The van der Waals surface area contributed by atoms with E-state index in [0.717, 1.165) is 17.1 Å². The lowest BCUT2D eigenvalue weighted by molar-refractivity contribution is 0.662. The van der Waals surface area contributed by atoms with Gasteiger partial charge < -0.3 is 4.90 Å². The lowest BCUT2D eigenvalue weighted by atomic mass is 9.79. The summed E-state index contributed by atoms with van der Waals surface area (Å²) < 4.78 is 2.61. The van der Waals surface area contributed by atoms with Crippen LogP contribution in [0, 0.1) is 0 Å². The van der Waals surface area contributed by atoms with Gasteiger partial charge in [0.15, 0.2) is 0 Å². The first kappa shape index (κ1) is 33.6. The first-order chi connectivity index (χ1) is 28.0. The van der Waals surface area contributed by atoms with E-state index in [4.69, 9.17) is 0 Å². The molecular formula is C55H39NS. The predicted molar refractivity (Wildman–Crippen MR) is 245 cm³/mol. The molecule has 1 aromatic heterocycles. The van der Waals surface area contributed by atoms with Gasteiger partial charge >= 0.3 is 0 Å². The van der Waals surface area contributed by atoms with E-state index in [1.807, 2.05) is 11.3 Å². The monoisotopic (exact) mass is 745 g/mol. The fourth-order valence-electron chi connectivity index (χ4n) is 9.49. The van der Waals surface area contributed by atoms with Crippen LogP contribution in [0.25, 0.3) is 75.5 Å².